The summed E-state index contributed by atoms with van der Waals surface area (Å²) in [6.45, 7) is 0. The summed E-state index contributed by atoms with van der Waals surface area (Å²) in [6, 6.07) is 57.9. The molecule has 0 fully saturated rings. The maximum Gasteiger partial charge on any atom is 0.160 e. The average Bonchev–Trinajstić information content (AvgIpc) is 3.17. The Morgan fingerprint density at radius 3 is 1.62 bits per heavy atom. The molecule has 2 heterocycles. The van der Waals surface area contributed by atoms with Crippen LogP contribution in [0.1, 0.15) is 0 Å². The molecule has 0 atom stereocenters. The van der Waals surface area contributed by atoms with E-state index in [1.165, 1.54) is 43.4 Å². The fraction of sp³-hybridized carbons (Fsp3) is 0. The van der Waals surface area contributed by atoms with Crippen LogP contribution in [0.5, 0.6) is 0 Å². The van der Waals surface area contributed by atoms with Crippen molar-refractivity contribution >= 4 is 32.3 Å². The summed E-state index contributed by atoms with van der Waals surface area (Å²) in [5.74, 6) is 0.698. The van der Waals surface area contributed by atoms with Crippen LogP contribution in [-0.2, 0) is 0 Å². The zero-order chi connectivity index (χ0) is 31.9. The van der Waals surface area contributed by atoms with Crippen molar-refractivity contribution in [1.82, 2.24) is 15.0 Å². The van der Waals surface area contributed by atoms with E-state index in [2.05, 4.69) is 138 Å². The summed E-state index contributed by atoms with van der Waals surface area (Å²) in [5, 5.41) is 7.54. The number of nitrogens with zero attached hydrogens (tertiary/aromatic N) is 3. The first kappa shape index (κ1) is 27.8. The molecule has 0 aliphatic heterocycles. The number of aromatic nitrogens is 3. The molecule has 0 saturated carbocycles. The van der Waals surface area contributed by atoms with Crippen LogP contribution in [0.15, 0.2) is 176 Å². The second-order valence-corrected chi connectivity index (χ2v) is 12.1. The third-order valence-corrected chi connectivity index (χ3v) is 9.19. The van der Waals surface area contributed by atoms with E-state index in [0.717, 1.165) is 39.2 Å². The molecule has 7 aromatic carbocycles. The highest BCUT2D eigenvalue weighted by Crippen LogP contribution is 2.40. The molecule has 0 bridgehead atoms. The molecule has 0 aliphatic carbocycles. The van der Waals surface area contributed by atoms with Crippen molar-refractivity contribution in [3.8, 4) is 56.2 Å². The van der Waals surface area contributed by atoms with Gasteiger partial charge in [0.05, 0.1) is 11.4 Å². The quantitative estimate of drug-likeness (QED) is 0.144. The van der Waals surface area contributed by atoms with Gasteiger partial charge in [0.15, 0.2) is 5.82 Å². The Bertz CT molecular complexity index is 2580. The molecule has 3 nitrogen and oxygen atoms in total. The topological polar surface area (TPSA) is 38.7 Å². The number of pyridine rings is 1. The van der Waals surface area contributed by atoms with Crippen molar-refractivity contribution in [2.45, 2.75) is 0 Å². The first-order valence-corrected chi connectivity index (χ1v) is 16.2. The molecular formula is C45H29N3. The van der Waals surface area contributed by atoms with E-state index in [9.17, 15) is 0 Å². The van der Waals surface area contributed by atoms with Crippen molar-refractivity contribution in [1.29, 1.82) is 0 Å². The SMILES string of the molecule is c1ccc(-c2cc(-c3ccc(-c4c5ccccc5cc5c4ccc4ccccc45)cc3)nc(-c3ccc(-c4ccncc4)cc3)n2)cc1. The molecule has 224 valence electrons. The average molecular weight is 612 g/mol. The summed E-state index contributed by atoms with van der Waals surface area (Å²) in [4.78, 5) is 14.3. The first-order chi connectivity index (χ1) is 23.8. The Morgan fingerprint density at radius 1 is 0.312 bits per heavy atom. The molecule has 0 unspecified atom stereocenters. The normalized spacial score (nSPS) is 11.3. The van der Waals surface area contributed by atoms with Crippen LogP contribution in [0.25, 0.3) is 88.5 Å². The van der Waals surface area contributed by atoms with E-state index in [-0.39, 0.29) is 0 Å². The standard InChI is InChI=1S/C45H29N3/c1-2-9-33(10-3-1)42-29-43(48-45(47-42)36-20-14-30(15-21-36)31-24-26-46-27-25-31)34-16-18-35(19-17-34)44-39-13-7-5-11-37(39)28-41-38-12-6-4-8-32(38)22-23-40(41)44/h1-29H. The highest BCUT2D eigenvalue weighted by atomic mass is 14.9. The predicted molar refractivity (Wildman–Crippen MR) is 200 cm³/mol. The molecule has 0 amide bonds. The van der Waals surface area contributed by atoms with Gasteiger partial charge in [-0.2, -0.15) is 0 Å². The highest BCUT2D eigenvalue weighted by Gasteiger charge is 2.14. The zero-order valence-corrected chi connectivity index (χ0v) is 26.1. The largest absolute Gasteiger partial charge is 0.265 e. The van der Waals surface area contributed by atoms with Gasteiger partial charge in [-0.25, -0.2) is 9.97 Å². The fourth-order valence-corrected chi connectivity index (χ4v) is 6.78. The third-order valence-electron chi connectivity index (χ3n) is 9.19. The van der Waals surface area contributed by atoms with Gasteiger partial charge in [-0.05, 0) is 78.8 Å². The minimum atomic E-state index is 0.698. The Hall–Kier alpha value is -6.45. The molecule has 48 heavy (non-hydrogen) atoms. The van der Waals surface area contributed by atoms with E-state index in [0.29, 0.717) is 5.82 Å². The number of benzene rings is 7. The Kier molecular flexibility index (Phi) is 6.80. The second kappa shape index (κ2) is 11.7. The third kappa shape index (κ3) is 4.99. The number of fused-ring (bicyclic) bond motifs is 4. The van der Waals surface area contributed by atoms with Gasteiger partial charge in [-0.1, -0.05) is 140 Å². The van der Waals surface area contributed by atoms with E-state index < -0.39 is 0 Å². The zero-order valence-electron chi connectivity index (χ0n) is 26.1. The van der Waals surface area contributed by atoms with Crippen molar-refractivity contribution < 1.29 is 0 Å². The van der Waals surface area contributed by atoms with E-state index in [4.69, 9.17) is 9.97 Å². The number of rotatable bonds is 5. The molecular weight excluding hydrogens is 583 g/mol. The molecule has 0 aliphatic rings. The van der Waals surface area contributed by atoms with Gasteiger partial charge in [0.25, 0.3) is 0 Å². The van der Waals surface area contributed by atoms with Crippen molar-refractivity contribution in [3.05, 3.63) is 176 Å². The summed E-state index contributed by atoms with van der Waals surface area (Å²) >= 11 is 0. The summed E-state index contributed by atoms with van der Waals surface area (Å²) in [7, 11) is 0. The lowest BCUT2D eigenvalue weighted by Crippen LogP contribution is -1.96. The summed E-state index contributed by atoms with van der Waals surface area (Å²) < 4.78 is 0. The Balaban J connectivity index is 1.17. The van der Waals surface area contributed by atoms with Gasteiger partial charge >= 0.3 is 0 Å². The Labute approximate surface area is 278 Å². The second-order valence-electron chi connectivity index (χ2n) is 12.1. The molecule has 9 aromatic rings. The maximum absolute atomic E-state index is 5.12. The van der Waals surface area contributed by atoms with E-state index in [1.807, 2.05) is 42.7 Å². The number of hydrogen-bond acceptors (Lipinski definition) is 3. The van der Waals surface area contributed by atoms with Crippen LogP contribution in [0.3, 0.4) is 0 Å². The molecule has 0 radical (unpaired) electrons. The predicted octanol–water partition coefficient (Wildman–Crippen LogP) is 11.7. The van der Waals surface area contributed by atoms with Gasteiger partial charge in [-0.15, -0.1) is 0 Å². The molecule has 9 rings (SSSR count). The Morgan fingerprint density at radius 2 is 0.875 bits per heavy atom. The van der Waals surface area contributed by atoms with Crippen LogP contribution >= 0.6 is 0 Å². The van der Waals surface area contributed by atoms with E-state index in [1.54, 1.807) is 0 Å². The van der Waals surface area contributed by atoms with Gasteiger partial charge < -0.3 is 0 Å². The lowest BCUT2D eigenvalue weighted by atomic mass is 9.89. The lowest BCUT2D eigenvalue weighted by molar-refractivity contribution is 1.18. The fourth-order valence-electron chi connectivity index (χ4n) is 6.78. The van der Waals surface area contributed by atoms with Crippen LogP contribution < -0.4 is 0 Å². The van der Waals surface area contributed by atoms with Crippen LogP contribution in [0, 0.1) is 0 Å². The van der Waals surface area contributed by atoms with Crippen molar-refractivity contribution in [2.75, 3.05) is 0 Å². The molecule has 0 N–H and O–H groups in total. The lowest BCUT2D eigenvalue weighted by Gasteiger charge is -2.15. The van der Waals surface area contributed by atoms with Crippen LogP contribution in [0.2, 0.25) is 0 Å². The smallest absolute Gasteiger partial charge is 0.160 e. The van der Waals surface area contributed by atoms with Gasteiger partial charge in [0, 0.05) is 29.1 Å². The monoisotopic (exact) mass is 611 g/mol. The van der Waals surface area contributed by atoms with Gasteiger partial charge in [0.1, 0.15) is 0 Å². The van der Waals surface area contributed by atoms with Gasteiger partial charge in [0.2, 0.25) is 0 Å². The molecule has 3 heteroatoms. The maximum atomic E-state index is 5.12. The minimum Gasteiger partial charge on any atom is -0.265 e. The highest BCUT2D eigenvalue weighted by molar-refractivity contribution is 6.20. The van der Waals surface area contributed by atoms with Crippen LogP contribution in [-0.4, -0.2) is 15.0 Å². The summed E-state index contributed by atoms with van der Waals surface area (Å²) in [6.07, 6.45) is 3.63. The van der Waals surface area contributed by atoms with Crippen molar-refractivity contribution in [3.63, 3.8) is 0 Å². The first-order valence-electron chi connectivity index (χ1n) is 16.2. The van der Waals surface area contributed by atoms with Crippen molar-refractivity contribution in [2.24, 2.45) is 0 Å². The number of hydrogen-bond donors (Lipinski definition) is 0. The molecule has 0 spiro atoms. The van der Waals surface area contributed by atoms with E-state index >= 15 is 0 Å². The summed E-state index contributed by atoms with van der Waals surface area (Å²) in [5.41, 5.74) is 9.54. The van der Waals surface area contributed by atoms with Gasteiger partial charge in [-0.3, -0.25) is 4.98 Å². The molecule has 2 aromatic heterocycles. The minimum absolute atomic E-state index is 0.698. The van der Waals surface area contributed by atoms with Crippen LogP contribution in [0.4, 0.5) is 0 Å². The molecule has 0 saturated heterocycles.